The molecular weight excluding hydrogens is 325 g/mol. The van der Waals surface area contributed by atoms with E-state index in [2.05, 4.69) is 16.7 Å². The highest BCUT2D eigenvalue weighted by atomic mass is 35.5. The van der Waals surface area contributed by atoms with Crippen molar-refractivity contribution < 1.29 is 0 Å². The van der Waals surface area contributed by atoms with Crippen molar-refractivity contribution >= 4 is 52.6 Å². The third-order valence-corrected chi connectivity index (χ3v) is 4.58. The van der Waals surface area contributed by atoms with Crippen LogP contribution in [0.15, 0.2) is 24.4 Å². The van der Waals surface area contributed by atoms with E-state index >= 15 is 0 Å². The number of rotatable bonds is 5. The number of aromatic nitrogens is 2. The molecule has 1 N–H and O–H groups in total. The summed E-state index contributed by atoms with van der Waals surface area (Å²) < 4.78 is 4.83. The topological polar surface area (TPSA) is 29.9 Å². The fourth-order valence-electron chi connectivity index (χ4n) is 1.43. The van der Waals surface area contributed by atoms with Gasteiger partial charge in [-0.1, -0.05) is 53.7 Å². The lowest BCUT2D eigenvalue weighted by Crippen LogP contribution is -1.98. The molecule has 0 atom stereocenters. The molecule has 0 saturated carbocycles. The van der Waals surface area contributed by atoms with E-state index in [1.807, 2.05) is 12.3 Å². The average Bonchev–Trinajstić information content (AvgIpc) is 2.85. The van der Waals surface area contributed by atoms with E-state index in [9.17, 15) is 0 Å². The van der Waals surface area contributed by atoms with Crippen molar-refractivity contribution in [2.24, 2.45) is 0 Å². The second-order valence-corrected chi connectivity index (χ2v) is 5.85. The highest BCUT2D eigenvalue weighted by molar-refractivity contribution is 8.00. The molecule has 102 valence electrons. The Morgan fingerprint density at radius 3 is 2.74 bits per heavy atom. The van der Waals surface area contributed by atoms with Crippen molar-refractivity contribution in [3.05, 3.63) is 39.5 Å². The normalized spacial score (nSPS) is 10.7. The minimum Gasteiger partial charge on any atom is -0.313 e. The molecule has 0 unspecified atom stereocenters. The predicted octanol–water partition coefficient (Wildman–Crippen LogP) is 5.30. The Kier molecular flexibility index (Phi) is 5.28. The van der Waals surface area contributed by atoms with Gasteiger partial charge in [0.25, 0.3) is 0 Å². The Morgan fingerprint density at radius 1 is 1.21 bits per heavy atom. The molecule has 0 saturated heterocycles. The van der Waals surface area contributed by atoms with Crippen LogP contribution >= 0.6 is 46.8 Å². The molecular formula is C12H12Cl3N3S. The van der Waals surface area contributed by atoms with Crippen molar-refractivity contribution in [3.63, 3.8) is 0 Å². The van der Waals surface area contributed by atoms with Gasteiger partial charge in [0.2, 0.25) is 0 Å². The number of hydrogen-bond acceptors (Lipinski definition) is 3. The second kappa shape index (κ2) is 6.75. The fourth-order valence-corrected chi connectivity index (χ4v) is 2.61. The summed E-state index contributed by atoms with van der Waals surface area (Å²) >= 11 is 19.7. The van der Waals surface area contributed by atoms with Crippen LogP contribution in [0.3, 0.4) is 0 Å². The van der Waals surface area contributed by atoms with Crippen LogP contribution in [-0.4, -0.2) is 15.5 Å². The molecule has 0 spiro atoms. The Hall–Kier alpha value is -0.550. The summed E-state index contributed by atoms with van der Waals surface area (Å²) in [7, 11) is 0. The first-order chi connectivity index (χ1) is 9.13. The number of nitrogens with zero attached hydrogens (tertiary/aromatic N) is 2. The SMILES string of the molecule is CCCSNc1ccn(-c2ccc(Cl)c(Cl)c2Cl)n1. The molecule has 0 radical (unpaired) electrons. The largest absolute Gasteiger partial charge is 0.313 e. The number of nitrogens with one attached hydrogen (secondary N) is 1. The third kappa shape index (κ3) is 3.51. The standard InChI is InChI=1S/C12H12Cl3N3S/c1-2-7-19-17-10-5-6-18(16-10)9-4-3-8(13)11(14)12(9)15/h3-6H,2,7H2,1H3,(H,16,17). The van der Waals surface area contributed by atoms with Gasteiger partial charge in [-0.2, -0.15) is 0 Å². The molecule has 1 aromatic carbocycles. The lowest BCUT2D eigenvalue weighted by molar-refractivity contribution is 0.886. The molecule has 1 heterocycles. The molecule has 1 aromatic heterocycles. The summed E-state index contributed by atoms with van der Waals surface area (Å²) in [6.45, 7) is 2.13. The Bertz CT molecular complexity index is 571. The van der Waals surface area contributed by atoms with Crippen LogP contribution in [0.1, 0.15) is 13.3 Å². The van der Waals surface area contributed by atoms with E-state index in [0.29, 0.717) is 20.8 Å². The summed E-state index contributed by atoms with van der Waals surface area (Å²) in [6.07, 6.45) is 2.93. The van der Waals surface area contributed by atoms with Gasteiger partial charge in [-0.25, -0.2) is 4.68 Å². The van der Waals surface area contributed by atoms with Crippen LogP contribution < -0.4 is 4.72 Å². The quantitative estimate of drug-likeness (QED) is 0.456. The maximum Gasteiger partial charge on any atom is 0.158 e. The number of anilines is 1. The Labute approximate surface area is 131 Å². The molecule has 0 aliphatic carbocycles. The predicted molar refractivity (Wildman–Crippen MR) is 85.0 cm³/mol. The van der Waals surface area contributed by atoms with Gasteiger partial charge in [-0.15, -0.1) is 5.10 Å². The molecule has 0 bridgehead atoms. The van der Waals surface area contributed by atoms with Crippen molar-refractivity contribution in [3.8, 4) is 5.69 Å². The van der Waals surface area contributed by atoms with Crippen molar-refractivity contribution in [1.82, 2.24) is 9.78 Å². The smallest absolute Gasteiger partial charge is 0.158 e. The van der Waals surface area contributed by atoms with E-state index in [1.165, 1.54) is 0 Å². The van der Waals surface area contributed by atoms with E-state index in [4.69, 9.17) is 34.8 Å². The average molecular weight is 337 g/mol. The Balaban J connectivity index is 2.21. The molecule has 3 nitrogen and oxygen atoms in total. The van der Waals surface area contributed by atoms with E-state index < -0.39 is 0 Å². The van der Waals surface area contributed by atoms with Gasteiger partial charge in [0, 0.05) is 18.0 Å². The second-order valence-electron chi connectivity index (χ2n) is 3.79. The van der Waals surface area contributed by atoms with Crippen LogP contribution in [0.25, 0.3) is 5.69 Å². The fraction of sp³-hybridized carbons (Fsp3) is 0.250. The van der Waals surface area contributed by atoms with Crippen LogP contribution in [0.4, 0.5) is 5.82 Å². The van der Waals surface area contributed by atoms with E-state index in [0.717, 1.165) is 18.0 Å². The molecule has 7 heteroatoms. The molecule has 0 fully saturated rings. The molecule has 0 aliphatic rings. The van der Waals surface area contributed by atoms with Crippen molar-refractivity contribution in [2.75, 3.05) is 10.5 Å². The molecule has 0 amide bonds. The first-order valence-electron chi connectivity index (χ1n) is 5.70. The van der Waals surface area contributed by atoms with Gasteiger partial charge in [0.15, 0.2) is 5.82 Å². The highest BCUT2D eigenvalue weighted by Gasteiger charge is 2.11. The minimum absolute atomic E-state index is 0.339. The first kappa shape index (κ1) is 14.9. The number of benzene rings is 1. The summed E-state index contributed by atoms with van der Waals surface area (Å²) in [5.41, 5.74) is 0.699. The minimum atomic E-state index is 0.339. The maximum atomic E-state index is 6.17. The maximum absolute atomic E-state index is 6.17. The number of halogens is 3. The van der Waals surface area contributed by atoms with Gasteiger partial charge < -0.3 is 4.72 Å². The van der Waals surface area contributed by atoms with Crippen LogP contribution in [0.5, 0.6) is 0 Å². The lowest BCUT2D eigenvalue weighted by atomic mass is 10.3. The Morgan fingerprint density at radius 2 is 2.00 bits per heavy atom. The molecule has 0 aliphatic heterocycles. The van der Waals surface area contributed by atoms with E-state index in [-0.39, 0.29) is 0 Å². The molecule has 19 heavy (non-hydrogen) atoms. The lowest BCUT2D eigenvalue weighted by Gasteiger charge is -2.07. The van der Waals surface area contributed by atoms with Crippen molar-refractivity contribution in [2.45, 2.75) is 13.3 Å². The zero-order valence-corrected chi connectivity index (χ0v) is 13.2. The van der Waals surface area contributed by atoms with E-state index in [1.54, 1.807) is 28.8 Å². The van der Waals surface area contributed by atoms with Crippen molar-refractivity contribution in [1.29, 1.82) is 0 Å². The summed E-state index contributed by atoms with van der Waals surface area (Å²) in [5.74, 6) is 1.81. The summed E-state index contributed by atoms with van der Waals surface area (Å²) in [6, 6.07) is 5.36. The first-order valence-corrected chi connectivity index (χ1v) is 7.82. The van der Waals surface area contributed by atoms with Gasteiger partial charge >= 0.3 is 0 Å². The summed E-state index contributed by atoms with van der Waals surface area (Å²) in [4.78, 5) is 0. The third-order valence-electron chi connectivity index (χ3n) is 2.33. The van der Waals surface area contributed by atoms with Crippen LogP contribution in [0, 0.1) is 0 Å². The zero-order valence-electron chi connectivity index (χ0n) is 10.2. The van der Waals surface area contributed by atoms with Gasteiger partial charge in [-0.3, -0.25) is 0 Å². The monoisotopic (exact) mass is 335 g/mol. The molecule has 2 rings (SSSR count). The van der Waals surface area contributed by atoms with Gasteiger partial charge in [0.1, 0.15) is 0 Å². The van der Waals surface area contributed by atoms with Crippen LogP contribution in [-0.2, 0) is 0 Å². The van der Waals surface area contributed by atoms with Crippen LogP contribution in [0.2, 0.25) is 15.1 Å². The zero-order chi connectivity index (χ0) is 13.8. The van der Waals surface area contributed by atoms with Gasteiger partial charge in [0.05, 0.1) is 20.8 Å². The van der Waals surface area contributed by atoms with Gasteiger partial charge in [-0.05, 0) is 18.6 Å². The molecule has 2 aromatic rings. The highest BCUT2D eigenvalue weighted by Crippen LogP contribution is 2.34. The number of hydrogen-bond donors (Lipinski definition) is 1. The summed E-state index contributed by atoms with van der Waals surface area (Å²) in [5, 5.41) is 5.55.